The topological polar surface area (TPSA) is 67.8 Å². The van der Waals surface area contributed by atoms with E-state index in [9.17, 15) is 18.7 Å². The smallest absolute Gasteiger partial charge is 0.387 e. The van der Waals surface area contributed by atoms with Crippen LogP contribution in [-0.4, -0.2) is 24.7 Å². The predicted molar refractivity (Wildman–Crippen MR) is 85.4 cm³/mol. The average Bonchev–Trinajstić information content (AvgIpc) is 2.53. The molecule has 0 saturated heterocycles. The molecule has 0 atom stereocenters. The van der Waals surface area contributed by atoms with Crippen molar-refractivity contribution in [2.24, 2.45) is 0 Å². The van der Waals surface area contributed by atoms with Gasteiger partial charge in [-0.15, -0.1) is 0 Å². The summed E-state index contributed by atoms with van der Waals surface area (Å²) in [6.45, 7) is -3.02. The maximum absolute atomic E-state index is 12.5. The van der Waals surface area contributed by atoms with E-state index < -0.39 is 12.5 Å². The Hall–Kier alpha value is -3.09. The van der Waals surface area contributed by atoms with Crippen LogP contribution in [0.1, 0.15) is 5.56 Å². The van der Waals surface area contributed by atoms with Gasteiger partial charge in [0.1, 0.15) is 5.75 Å². The molecule has 5 nitrogen and oxygen atoms in total. The SMILES string of the molecule is COc1cccc(/C=C/C(=O)Nc2cccc(O)c2)c1OC(F)F. The quantitative estimate of drug-likeness (QED) is 0.791. The number of benzene rings is 2. The molecule has 2 rings (SSSR count). The van der Waals surface area contributed by atoms with Crippen LogP contribution < -0.4 is 14.8 Å². The standard InChI is InChI=1S/C17H15F2NO4/c1-23-14-7-2-4-11(16(14)24-17(18)19)8-9-15(22)20-12-5-3-6-13(21)10-12/h2-10,17,21H,1H3,(H,20,22)/b9-8+. The molecule has 2 aromatic carbocycles. The van der Waals surface area contributed by atoms with E-state index in [0.29, 0.717) is 5.69 Å². The van der Waals surface area contributed by atoms with E-state index in [1.807, 2.05) is 0 Å². The van der Waals surface area contributed by atoms with Gasteiger partial charge in [-0.2, -0.15) is 8.78 Å². The highest BCUT2D eigenvalue weighted by Gasteiger charge is 2.14. The lowest BCUT2D eigenvalue weighted by atomic mass is 10.1. The molecular formula is C17H15F2NO4. The molecule has 0 aliphatic heterocycles. The van der Waals surface area contributed by atoms with Gasteiger partial charge < -0.3 is 19.9 Å². The van der Waals surface area contributed by atoms with Crippen molar-refractivity contribution < 1.29 is 28.2 Å². The highest BCUT2D eigenvalue weighted by Crippen LogP contribution is 2.33. The minimum Gasteiger partial charge on any atom is -0.508 e. The number of anilines is 1. The van der Waals surface area contributed by atoms with Gasteiger partial charge in [-0.25, -0.2) is 0 Å². The van der Waals surface area contributed by atoms with Crippen molar-refractivity contribution in [1.82, 2.24) is 0 Å². The van der Waals surface area contributed by atoms with E-state index in [1.54, 1.807) is 18.2 Å². The Labute approximate surface area is 137 Å². The Bertz CT molecular complexity index is 747. The maximum Gasteiger partial charge on any atom is 0.387 e. The van der Waals surface area contributed by atoms with Crippen LogP contribution in [0, 0.1) is 0 Å². The third-order valence-electron chi connectivity index (χ3n) is 2.96. The van der Waals surface area contributed by atoms with Crippen molar-refractivity contribution >= 4 is 17.7 Å². The van der Waals surface area contributed by atoms with E-state index in [-0.39, 0.29) is 22.8 Å². The number of para-hydroxylation sites is 1. The molecule has 0 aliphatic carbocycles. The molecule has 2 aromatic rings. The number of aromatic hydroxyl groups is 1. The summed E-state index contributed by atoms with van der Waals surface area (Å²) in [5.74, 6) is -0.508. The number of carbonyl (C=O) groups is 1. The van der Waals surface area contributed by atoms with Crippen LogP contribution in [0.4, 0.5) is 14.5 Å². The largest absolute Gasteiger partial charge is 0.508 e. The fourth-order valence-corrected chi connectivity index (χ4v) is 1.97. The Kier molecular flexibility index (Phi) is 5.73. The third-order valence-corrected chi connectivity index (χ3v) is 2.96. The molecule has 126 valence electrons. The van der Waals surface area contributed by atoms with Gasteiger partial charge in [0, 0.05) is 23.4 Å². The molecule has 0 aromatic heterocycles. The summed E-state index contributed by atoms with van der Waals surface area (Å²) in [7, 11) is 1.33. The molecule has 0 spiro atoms. The number of rotatable bonds is 6. The Morgan fingerprint density at radius 3 is 2.67 bits per heavy atom. The zero-order valence-corrected chi connectivity index (χ0v) is 12.7. The van der Waals surface area contributed by atoms with Crippen LogP contribution in [0.15, 0.2) is 48.5 Å². The summed E-state index contributed by atoms with van der Waals surface area (Å²) in [4.78, 5) is 11.9. The number of ether oxygens (including phenoxy) is 2. The molecule has 1 amide bonds. The lowest BCUT2D eigenvalue weighted by Crippen LogP contribution is -2.08. The molecule has 0 fully saturated rings. The molecule has 2 N–H and O–H groups in total. The van der Waals surface area contributed by atoms with Crippen LogP contribution in [0.5, 0.6) is 17.2 Å². The van der Waals surface area contributed by atoms with Crippen LogP contribution in [0.25, 0.3) is 6.08 Å². The van der Waals surface area contributed by atoms with Gasteiger partial charge in [0.2, 0.25) is 5.91 Å². The fourth-order valence-electron chi connectivity index (χ4n) is 1.97. The fraction of sp³-hybridized carbons (Fsp3) is 0.118. The first-order valence-corrected chi connectivity index (χ1v) is 6.89. The average molecular weight is 335 g/mol. The molecule has 0 heterocycles. The Morgan fingerprint density at radius 2 is 2.00 bits per heavy atom. The molecule has 0 aliphatic rings. The van der Waals surface area contributed by atoms with Crippen molar-refractivity contribution in [3.63, 3.8) is 0 Å². The number of methoxy groups -OCH3 is 1. The van der Waals surface area contributed by atoms with Gasteiger partial charge in [0.15, 0.2) is 11.5 Å². The second-order valence-electron chi connectivity index (χ2n) is 4.63. The maximum atomic E-state index is 12.5. The van der Waals surface area contributed by atoms with Crippen LogP contribution in [0.3, 0.4) is 0 Å². The van der Waals surface area contributed by atoms with Crippen LogP contribution >= 0.6 is 0 Å². The summed E-state index contributed by atoms with van der Waals surface area (Å²) in [5, 5.41) is 11.9. The van der Waals surface area contributed by atoms with E-state index in [4.69, 9.17) is 4.74 Å². The second-order valence-corrected chi connectivity index (χ2v) is 4.63. The van der Waals surface area contributed by atoms with Gasteiger partial charge in [-0.1, -0.05) is 18.2 Å². The monoisotopic (exact) mass is 335 g/mol. The minimum atomic E-state index is -3.02. The Balaban J connectivity index is 2.17. The molecule has 0 saturated carbocycles. The van der Waals surface area contributed by atoms with Crippen LogP contribution in [0.2, 0.25) is 0 Å². The van der Waals surface area contributed by atoms with Gasteiger partial charge in [0.05, 0.1) is 7.11 Å². The lowest BCUT2D eigenvalue weighted by Gasteiger charge is -2.12. The summed E-state index contributed by atoms with van der Waals surface area (Å²) in [5.41, 5.74) is 0.667. The van der Waals surface area contributed by atoms with E-state index in [0.717, 1.165) is 6.08 Å². The number of phenols is 1. The molecule has 0 unspecified atom stereocenters. The normalized spacial score (nSPS) is 10.8. The highest BCUT2D eigenvalue weighted by atomic mass is 19.3. The van der Waals surface area contributed by atoms with Crippen molar-refractivity contribution in [2.45, 2.75) is 6.61 Å². The number of alkyl halides is 2. The number of halogens is 2. The van der Waals surface area contributed by atoms with E-state index in [1.165, 1.54) is 37.5 Å². The van der Waals surface area contributed by atoms with Crippen molar-refractivity contribution in [3.8, 4) is 17.2 Å². The molecular weight excluding hydrogens is 320 g/mol. The third kappa shape index (κ3) is 4.70. The number of nitrogens with one attached hydrogen (secondary N) is 1. The molecule has 0 bridgehead atoms. The minimum absolute atomic E-state index is 0.0113. The highest BCUT2D eigenvalue weighted by molar-refractivity contribution is 6.02. The second kappa shape index (κ2) is 7.96. The number of amides is 1. The van der Waals surface area contributed by atoms with Gasteiger partial charge in [-0.05, 0) is 24.3 Å². The summed E-state index contributed by atoms with van der Waals surface area (Å²) < 4.78 is 34.5. The summed E-state index contributed by atoms with van der Waals surface area (Å²) in [6.07, 6.45) is 2.50. The summed E-state index contributed by atoms with van der Waals surface area (Å²) in [6, 6.07) is 10.6. The number of carbonyl (C=O) groups excluding carboxylic acids is 1. The zero-order chi connectivity index (χ0) is 17.5. The first kappa shape index (κ1) is 17.3. The number of hydrogen-bond donors (Lipinski definition) is 2. The van der Waals surface area contributed by atoms with Gasteiger partial charge >= 0.3 is 6.61 Å². The van der Waals surface area contributed by atoms with Crippen LogP contribution in [-0.2, 0) is 4.79 Å². The first-order valence-electron chi connectivity index (χ1n) is 6.89. The van der Waals surface area contributed by atoms with E-state index >= 15 is 0 Å². The molecule has 7 heteroatoms. The predicted octanol–water partition coefficient (Wildman–Crippen LogP) is 3.65. The number of phenolic OH excluding ortho intramolecular Hbond substituents is 1. The first-order chi connectivity index (χ1) is 11.5. The van der Waals surface area contributed by atoms with Crippen molar-refractivity contribution in [2.75, 3.05) is 12.4 Å². The molecule has 0 radical (unpaired) electrons. The summed E-state index contributed by atoms with van der Waals surface area (Å²) >= 11 is 0. The van der Waals surface area contributed by atoms with Crippen molar-refractivity contribution in [1.29, 1.82) is 0 Å². The lowest BCUT2D eigenvalue weighted by molar-refractivity contribution is -0.111. The van der Waals surface area contributed by atoms with Crippen molar-refractivity contribution in [3.05, 3.63) is 54.1 Å². The van der Waals surface area contributed by atoms with Gasteiger partial charge in [-0.3, -0.25) is 4.79 Å². The van der Waals surface area contributed by atoms with Gasteiger partial charge in [0.25, 0.3) is 0 Å². The molecule has 24 heavy (non-hydrogen) atoms. The zero-order valence-electron chi connectivity index (χ0n) is 12.7. The number of hydrogen-bond acceptors (Lipinski definition) is 4. The Morgan fingerprint density at radius 1 is 1.25 bits per heavy atom. The van der Waals surface area contributed by atoms with E-state index in [2.05, 4.69) is 10.1 Å².